The molecule has 1 atom stereocenters. The zero-order valence-corrected chi connectivity index (χ0v) is 9.49. The number of carboxylic acid groups (broad SMARTS) is 1. The van der Waals surface area contributed by atoms with Crippen molar-refractivity contribution in [1.82, 2.24) is 21.3 Å². The van der Waals surface area contributed by atoms with Crippen LogP contribution in [0, 0.1) is 0 Å². The maximum Gasteiger partial charge on any atom is 0.322 e. The maximum absolute atomic E-state index is 11.3. The first-order chi connectivity index (χ1) is 8.47. The molecule has 1 fully saturated rings. The van der Waals surface area contributed by atoms with Gasteiger partial charge in [-0.1, -0.05) is 0 Å². The van der Waals surface area contributed by atoms with E-state index in [1.807, 2.05) is 0 Å². The van der Waals surface area contributed by atoms with Crippen molar-refractivity contribution in [1.29, 1.82) is 0 Å². The smallest absolute Gasteiger partial charge is 0.322 e. The molecule has 0 aliphatic carbocycles. The number of carbonyl (C=O) groups is 4. The number of carbonyl (C=O) groups excluding carboxylic acids is 3. The Morgan fingerprint density at radius 3 is 2.56 bits per heavy atom. The van der Waals surface area contributed by atoms with Crippen molar-refractivity contribution in [3.8, 4) is 0 Å². The van der Waals surface area contributed by atoms with Crippen molar-refractivity contribution in [3.05, 3.63) is 0 Å². The molecule has 9 nitrogen and oxygen atoms in total. The van der Waals surface area contributed by atoms with Gasteiger partial charge >= 0.3 is 12.0 Å². The molecule has 5 N–H and O–H groups in total. The van der Waals surface area contributed by atoms with Gasteiger partial charge in [0.05, 0.1) is 12.6 Å². The minimum atomic E-state index is -1.16. The van der Waals surface area contributed by atoms with Crippen LogP contribution in [0.1, 0.15) is 6.42 Å². The van der Waals surface area contributed by atoms with Crippen LogP contribution in [0.3, 0.4) is 0 Å². The summed E-state index contributed by atoms with van der Waals surface area (Å²) in [5, 5.41) is 17.7. The Balaban J connectivity index is 2.14. The Morgan fingerprint density at radius 2 is 2.00 bits per heavy atom. The van der Waals surface area contributed by atoms with E-state index in [1.165, 1.54) is 0 Å². The van der Waals surface area contributed by atoms with E-state index in [2.05, 4.69) is 21.3 Å². The third-order valence-electron chi connectivity index (χ3n) is 2.16. The molecule has 0 bridgehead atoms. The third kappa shape index (κ3) is 5.14. The largest absolute Gasteiger partial charge is 0.480 e. The molecule has 9 heteroatoms. The van der Waals surface area contributed by atoms with Crippen LogP contribution in [0.15, 0.2) is 0 Å². The number of hydrogen-bond donors (Lipinski definition) is 5. The third-order valence-corrected chi connectivity index (χ3v) is 2.16. The quantitative estimate of drug-likeness (QED) is 0.367. The zero-order chi connectivity index (χ0) is 13.5. The van der Waals surface area contributed by atoms with Crippen LogP contribution in [0.5, 0.6) is 0 Å². The van der Waals surface area contributed by atoms with Crippen LogP contribution < -0.4 is 21.3 Å². The molecule has 1 saturated heterocycles. The van der Waals surface area contributed by atoms with Crippen molar-refractivity contribution in [2.45, 2.75) is 12.5 Å². The van der Waals surface area contributed by atoms with Crippen molar-refractivity contribution < 1.29 is 24.3 Å². The summed E-state index contributed by atoms with van der Waals surface area (Å²) in [5.41, 5.74) is 0. The molecule has 0 spiro atoms. The van der Waals surface area contributed by atoms with E-state index in [4.69, 9.17) is 5.11 Å². The Kier molecular flexibility index (Phi) is 4.90. The fraction of sp³-hybridized carbons (Fsp3) is 0.556. The molecule has 1 aliphatic rings. The number of urea groups is 1. The van der Waals surface area contributed by atoms with Gasteiger partial charge in [-0.05, 0) is 0 Å². The second-order valence-electron chi connectivity index (χ2n) is 3.70. The lowest BCUT2D eigenvalue weighted by molar-refractivity contribution is -0.137. The first-order valence-corrected chi connectivity index (χ1v) is 5.27. The van der Waals surface area contributed by atoms with Gasteiger partial charge in [0.25, 0.3) is 0 Å². The molecule has 1 unspecified atom stereocenters. The summed E-state index contributed by atoms with van der Waals surface area (Å²) in [6.07, 6.45) is 0.207. The Morgan fingerprint density at radius 1 is 1.28 bits per heavy atom. The number of carboxylic acids is 1. The molecule has 100 valence electrons. The van der Waals surface area contributed by atoms with E-state index >= 15 is 0 Å². The molecular weight excluding hydrogens is 244 g/mol. The van der Waals surface area contributed by atoms with E-state index < -0.39 is 24.5 Å². The lowest BCUT2D eigenvalue weighted by atomic mass is 10.3. The second kappa shape index (κ2) is 6.42. The van der Waals surface area contributed by atoms with E-state index in [9.17, 15) is 19.2 Å². The summed E-state index contributed by atoms with van der Waals surface area (Å²) in [5.74, 6) is -1.91. The SMILES string of the molecule is O=C(O)CNC(=O)CNC(=O)NC1CNC(=O)C1. The normalized spacial score (nSPS) is 17.8. The molecule has 4 amide bonds. The summed E-state index contributed by atoms with van der Waals surface area (Å²) in [7, 11) is 0. The van der Waals surface area contributed by atoms with Gasteiger partial charge in [0.2, 0.25) is 11.8 Å². The molecule has 1 rings (SSSR count). The second-order valence-corrected chi connectivity index (χ2v) is 3.70. The molecule has 1 aliphatic heterocycles. The van der Waals surface area contributed by atoms with Crippen LogP contribution in [0.2, 0.25) is 0 Å². The molecule has 0 saturated carbocycles. The number of rotatable bonds is 5. The van der Waals surface area contributed by atoms with E-state index in [0.29, 0.717) is 6.54 Å². The fourth-order valence-electron chi connectivity index (χ4n) is 1.34. The van der Waals surface area contributed by atoms with Crippen molar-refractivity contribution >= 4 is 23.8 Å². The fourth-order valence-corrected chi connectivity index (χ4v) is 1.34. The highest BCUT2D eigenvalue weighted by Gasteiger charge is 2.22. The number of amides is 4. The maximum atomic E-state index is 11.3. The first-order valence-electron chi connectivity index (χ1n) is 5.27. The Bertz CT molecular complexity index is 370. The van der Waals surface area contributed by atoms with Crippen LogP contribution in [-0.2, 0) is 14.4 Å². The van der Waals surface area contributed by atoms with E-state index in [0.717, 1.165) is 0 Å². The summed E-state index contributed by atoms with van der Waals surface area (Å²) in [4.78, 5) is 43.3. The molecule has 0 radical (unpaired) electrons. The average Bonchev–Trinajstić information content (AvgIpc) is 2.69. The highest BCUT2D eigenvalue weighted by Crippen LogP contribution is 1.97. The van der Waals surface area contributed by atoms with Crippen molar-refractivity contribution in [2.75, 3.05) is 19.6 Å². The number of hydrogen-bond acceptors (Lipinski definition) is 4. The summed E-state index contributed by atoms with van der Waals surface area (Å²) < 4.78 is 0. The topological polar surface area (TPSA) is 137 Å². The van der Waals surface area contributed by atoms with Crippen molar-refractivity contribution in [2.24, 2.45) is 0 Å². The summed E-state index contributed by atoms with van der Waals surface area (Å²) in [6.45, 7) is -0.464. The molecular formula is C9H14N4O5. The van der Waals surface area contributed by atoms with Gasteiger partial charge in [-0.2, -0.15) is 0 Å². The zero-order valence-electron chi connectivity index (χ0n) is 9.49. The standard InChI is InChI=1S/C9H14N4O5/c14-6-1-5(2-10-6)13-9(18)12-3-7(15)11-4-8(16)17/h5H,1-4H2,(H,10,14)(H,11,15)(H,16,17)(H2,12,13,18). The van der Waals surface area contributed by atoms with Crippen LogP contribution >= 0.6 is 0 Å². The highest BCUT2D eigenvalue weighted by molar-refractivity contribution is 5.86. The molecule has 0 aromatic heterocycles. The van der Waals surface area contributed by atoms with Crippen LogP contribution in [0.25, 0.3) is 0 Å². The summed E-state index contributed by atoms with van der Waals surface area (Å²) >= 11 is 0. The highest BCUT2D eigenvalue weighted by atomic mass is 16.4. The summed E-state index contributed by atoms with van der Waals surface area (Å²) in [6, 6.07) is -0.874. The lowest BCUT2D eigenvalue weighted by Gasteiger charge is -2.11. The van der Waals surface area contributed by atoms with E-state index in [-0.39, 0.29) is 24.9 Å². The molecule has 1 heterocycles. The number of nitrogens with one attached hydrogen (secondary N) is 4. The minimum absolute atomic E-state index is 0.139. The Hall–Kier alpha value is -2.32. The van der Waals surface area contributed by atoms with Gasteiger partial charge in [0.1, 0.15) is 6.54 Å². The minimum Gasteiger partial charge on any atom is -0.480 e. The molecule has 0 aromatic rings. The molecule has 18 heavy (non-hydrogen) atoms. The van der Waals surface area contributed by atoms with Crippen LogP contribution in [-0.4, -0.2) is 54.6 Å². The predicted molar refractivity (Wildman–Crippen MR) is 58.6 cm³/mol. The lowest BCUT2D eigenvalue weighted by Crippen LogP contribution is -2.46. The monoisotopic (exact) mass is 258 g/mol. The molecule has 0 aromatic carbocycles. The van der Waals surface area contributed by atoms with Gasteiger partial charge in [-0.15, -0.1) is 0 Å². The van der Waals surface area contributed by atoms with Crippen LogP contribution in [0.4, 0.5) is 4.79 Å². The predicted octanol–water partition coefficient (Wildman–Crippen LogP) is -2.63. The van der Waals surface area contributed by atoms with Gasteiger partial charge in [-0.25, -0.2) is 4.79 Å². The number of aliphatic carboxylic acids is 1. The van der Waals surface area contributed by atoms with Gasteiger partial charge < -0.3 is 26.4 Å². The Labute approximate surface area is 102 Å². The first kappa shape index (κ1) is 13.7. The van der Waals surface area contributed by atoms with Crippen molar-refractivity contribution in [3.63, 3.8) is 0 Å². The van der Waals surface area contributed by atoms with Gasteiger partial charge in [0.15, 0.2) is 0 Å². The van der Waals surface area contributed by atoms with E-state index in [1.54, 1.807) is 0 Å². The average molecular weight is 258 g/mol. The van der Waals surface area contributed by atoms with Gasteiger partial charge in [-0.3, -0.25) is 14.4 Å². The van der Waals surface area contributed by atoms with Gasteiger partial charge in [0, 0.05) is 13.0 Å².